The van der Waals surface area contributed by atoms with Crippen LogP contribution in [-0.4, -0.2) is 35.4 Å². The van der Waals surface area contributed by atoms with Crippen LogP contribution in [0.25, 0.3) is 0 Å². The monoisotopic (exact) mass is 442 g/mol. The molecule has 1 saturated heterocycles. The van der Waals surface area contributed by atoms with Gasteiger partial charge in [0.25, 0.3) is 11.8 Å². The second-order valence-electron chi connectivity index (χ2n) is 8.06. The van der Waals surface area contributed by atoms with Gasteiger partial charge in [0.1, 0.15) is 5.49 Å². The van der Waals surface area contributed by atoms with Crippen molar-refractivity contribution < 1.29 is 14.4 Å². The van der Waals surface area contributed by atoms with Crippen molar-refractivity contribution >= 4 is 23.4 Å². The van der Waals surface area contributed by atoms with E-state index in [2.05, 4.69) is 10.3 Å². The maximum Gasteiger partial charge on any atom is 0.267 e. The van der Waals surface area contributed by atoms with Crippen molar-refractivity contribution in [3.63, 3.8) is 0 Å². The Morgan fingerprint density at radius 2 is 1.76 bits per heavy atom. The number of anilines is 1. The van der Waals surface area contributed by atoms with Crippen molar-refractivity contribution in [2.75, 3.05) is 18.0 Å². The highest BCUT2D eigenvalue weighted by Crippen LogP contribution is 2.21. The van der Waals surface area contributed by atoms with Crippen molar-refractivity contribution in [2.24, 2.45) is 4.99 Å². The molecule has 0 atom stereocenters. The lowest BCUT2D eigenvalue weighted by Gasteiger charge is -2.15. The molecule has 33 heavy (non-hydrogen) atoms. The van der Waals surface area contributed by atoms with Gasteiger partial charge in [0.2, 0.25) is 5.91 Å². The Labute approximate surface area is 192 Å². The lowest BCUT2D eigenvalue weighted by atomic mass is 10.1. The zero-order valence-corrected chi connectivity index (χ0v) is 18.5. The Morgan fingerprint density at radius 1 is 1.00 bits per heavy atom. The van der Waals surface area contributed by atoms with Gasteiger partial charge < -0.3 is 14.8 Å². The molecule has 0 saturated carbocycles. The van der Waals surface area contributed by atoms with Crippen molar-refractivity contribution in [2.45, 2.75) is 26.3 Å². The van der Waals surface area contributed by atoms with Gasteiger partial charge in [-0.05, 0) is 55.3 Å². The average Bonchev–Trinajstić information content (AvgIpc) is 3.26. The number of nitrogens with zero attached hydrogens (tertiary/aromatic N) is 3. The molecule has 2 heterocycles. The number of hydrogen-bond donors (Lipinski definition) is 1. The van der Waals surface area contributed by atoms with E-state index in [1.165, 1.54) is 5.56 Å². The predicted molar refractivity (Wildman–Crippen MR) is 126 cm³/mol. The zero-order chi connectivity index (χ0) is 23.2. The number of nitrogens with one attached hydrogen (secondary N) is 1. The molecule has 1 aliphatic heterocycles. The van der Waals surface area contributed by atoms with Gasteiger partial charge in [-0.25, -0.2) is 0 Å². The van der Waals surface area contributed by atoms with E-state index in [-0.39, 0.29) is 18.4 Å². The van der Waals surface area contributed by atoms with E-state index in [9.17, 15) is 14.4 Å². The third-order valence-electron chi connectivity index (χ3n) is 5.54. The Bertz CT molecular complexity index is 1230. The number of benzene rings is 2. The number of rotatable bonds is 6. The quantitative estimate of drug-likeness (QED) is 0.637. The van der Waals surface area contributed by atoms with E-state index in [1.807, 2.05) is 54.1 Å². The maximum atomic E-state index is 12.4. The highest BCUT2D eigenvalue weighted by atomic mass is 16.2. The fourth-order valence-corrected chi connectivity index (χ4v) is 3.73. The summed E-state index contributed by atoms with van der Waals surface area (Å²) in [6.45, 7) is 3.12. The predicted octanol–water partition coefficient (Wildman–Crippen LogP) is 2.83. The third kappa shape index (κ3) is 5.63. The lowest BCUT2D eigenvalue weighted by Crippen LogP contribution is -2.31. The molecule has 3 amide bonds. The van der Waals surface area contributed by atoms with Crippen molar-refractivity contribution in [3.8, 4) is 0 Å². The van der Waals surface area contributed by atoms with Crippen LogP contribution in [0.2, 0.25) is 0 Å². The summed E-state index contributed by atoms with van der Waals surface area (Å²) < 4.78 is 1.89. The van der Waals surface area contributed by atoms with Gasteiger partial charge in [0.05, 0.1) is 6.54 Å². The summed E-state index contributed by atoms with van der Waals surface area (Å²) in [7, 11) is 0. The SMILES string of the molecule is Cc1ccc(Cn2ccccc2=NC(=O)CNC(=O)c2ccc(N3CCCC3=O)cc2)cc1. The van der Waals surface area contributed by atoms with E-state index in [0.29, 0.717) is 30.6 Å². The van der Waals surface area contributed by atoms with Crippen molar-refractivity contribution in [1.82, 2.24) is 9.88 Å². The molecule has 0 bridgehead atoms. The number of aromatic nitrogens is 1. The summed E-state index contributed by atoms with van der Waals surface area (Å²) in [6, 6.07) is 20.5. The molecule has 1 aromatic heterocycles. The summed E-state index contributed by atoms with van der Waals surface area (Å²) in [5, 5.41) is 2.62. The fourth-order valence-electron chi connectivity index (χ4n) is 3.73. The summed E-state index contributed by atoms with van der Waals surface area (Å²) in [6.07, 6.45) is 3.27. The van der Waals surface area contributed by atoms with Crippen LogP contribution in [0.3, 0.4) is 0 Å². The van der Waals surface area contributed by atoms with E-state index < -0.39 is 5.91 Å². The standard InChI is InChI=1S/C26H26N4O3/c1-19-7-9-20(10-8-19)18-29-15-3-2-5-23(29)28-24(31)17-27-26(33)21-11-13-22(14-12-21)30-16-4-6-25(30)32/h2-3,5,7-15H,4,6,16-18H2,1H3,(H,27,33). The topological polar surface area (TPSA) is 83.8 Å². The van der Waals surface area contributed by atoms with E-state index in [0.717, 1.165) is 17.7 Å². The van der Waals surface area contributed by atoms with Crippen LogP contribution in [-0.2, 0) is 16.1 Å². The molecule has 0 unspecified atom stereocenters. The first-order valence-electron chi connectivity index (χ1n) is 11.0. The van der Waals surface area contributed by atoms with Crippen LogP contribution >= 0.6 is 0 Å². The second kappa shape index (κ2) is 10.1. The van der Waals surface area contributed by atoms with Crippen molar-refractivity contribution in [1.29, 1.82) is 0 Å². The average molecular weight is 443 g/mol. The van der Waals surface area contributed by atoms with Crippen LogP contribution in [0.15, 0.2) is 77.9 Å². The maximum absolute atomic E-state index is 12.4. The molecular formula is C26H26N4O3. The molecule has 0 spiro atoms. The van der Waals surface area contributed by atoms with Gasteiger partial charge in [-0.3, -0.25) is 14.4 Å². The van der Waals surface area contributed by atoms with Gasteiger partial charge in [0.15, 0.2) is 0 Å². The molecule has 168 valence electrons. The third-order valence-corrected chi connectivity index (χ3v) is 5.54. The summed E-state index contributed by atoms with van der Waals surface area (Å²) >= 11 is 0. The molecule has 2 aromatic carbocycles. The first-order chi connectivity index (χ1) is 16.0. The largest absolute Gasteiger partial charge is 0.343 e. The molecule has 0 aliphatic carbocycles. The van der Waals surface area contributed by atoms with Crippen LogP contribution in [0, 0.1) is 6.92 Å². The molecule has 7 nitrogen and oxygen atoms in total. The first kappa shape index (κ1) is 22.2. The normalized spacial score (nSPS) is 13.9. The van der Waals surface area contributed by atoms with Gasteiger partial charge in [0, 0.05) is 37.0 Å². The fraction of sp³-hybridized carbons (Fsp3) is 0.231. The number of carbonyl (C=O) groups is 3. The molecule has 4 rings (SSSR count). The Balaban J connectivity index is 1.38. The lowest BCUT2D eigenvalue weighted by molar-refractivity contribution is -0.117. The van der Waals surface area contributed by atoms with Crippen LogP contribution < -0.4 is 15.7 Å². The Morgan fingerprint density at radius 3 is 2.45 bits per heavy atom. The summed E-state index contributed by atoms with van der Waals surface area (Å²) in [4.78, 5) is 42.6. The van der Waals surface area contributed by atoms with Gasteiger partial charge in [-0.2, -0.15) is 4.99 Å². The highest BCUT2D eigenvalue weighted by molar-refractivity contribution is 5.98. The summed E-state index contributed by atoms with van der Waals surface area (Å²) in [5.41, 5.74) is 4.02. The second-order valence-corrected chi connectivity index (χ2v) is 8.06. The molecule has 1 N–H and O–H groups in total. The summed E-state index contributed by atoms with van der Waals surface area (Å²) in [5.74, 6) is -0.704. The minimum absolute atomic E-state index is 0.0972. The molecule has 1 aliphatic rings. The number of amides is 3. The Kier molecular flexibility index (Phi) is 6.78. The number of aryl methyl sites for hydroxylation is 1. The van der Waals surface area contributed by atoms with Gasteiger partial charge in [-0.15, -0.1) is 0 Å². The van der Waals surface area contributed by atoms with E-state index in [1.54, 1.807) is 35.2 Å². The first-order valence-corrected chi connectivity index (χ1v) is 11.0. The highest BCUT2D eigenvalue weighted by Gasteiger charge is 2.21. The van der Waals surface area contributed by atoms with Crippen LogP contribution in [0.5, 0.6) is 0 Å². The van der Waals surface area contributed by atoms with Gasteiger partial charge in [-0.1, -0.05) is 35.9 Å². The number of hydrogen-bond acceptors (Lipinski definition) is 3. The molecule has 7 heteroatoms. The number of pyridine rings is 1. The van der Waals surface area contributed by atoms with Crippen molar-refractivity contribution in [3.05, 3.63) is 95.1 Å². The smallest absolute Gasteiger partial charge is 0.267 e. The molecule has 3 aromatic rings. The minimum Gasteiger partial charge on any atom is -0.343 e. The minimum atomic E-state index is -0.438. The molecular weight excluding hydrogens is 416 g/mol. The molecule has 0 radical (unpaired) electrons. The number of carbonyl (C=O) groups excluding carboxylic acids is 3. The van der Waals surface area contributed by atoms with E-state index >= 15 is 0 Å². The van der Waals surface area contributed by atoms with Crippen LogP contribution in [0.1, 0.15) is 34.3 Å². The van der Waals surface area contributed by atoms with Gasteiger partial charge >= 0.3 is 0 Å². The van der Waals surface area contributed by atoms with Crippen LogP contribution in [0.4, 0.5) is 5.69 Å². The molecule has 1 fully saturated rings. The Hall–Kier alpha value is -4.00. The zero-order valence-electron chi connectivity index (χ0n) is 18.5. The van der Waals surface area contributed by atoms with E-state index in [4.69, 9.17) is 0 Å².